The third-order valence-corrected chi connectivity index (χ3v) is 7.37. The molecular formula is C23H29N5O8S2. The van der Waals surface area contributed by atoms with Gasteiger partial charge in [-0.1, -0.05) is 13.0 Å². The lowest BCUT2D eigenvalue weighted by Gasteiger charge is -2.49. The van der Waals surface area contributed by atoms with Crippen LogP contribution in [0.25, 0.3) is 5.57 Å². The van der Waals surface area contributed by atoms with Crippen molar-refractivity contribution in [3.05, 3.63) is 28.4 Å². The molecule has 0 radical (unpaired) electrons. The molecule has 0 aromatic carbocycles. The molecule has 3 rings (SSSR count). The Labute approximate surface area is 226 Å². The van der Waals surface area contributed by atoms with Crippen LogP contribution in [0.15, 0.2) is 22.7 Å². The summed E-state index contributed by atoms with van der Waals surface area (Å²) in [5.74, 6) is -2.45. The van der Waals surface area contributed by atoms with Crippen LogP contribution in [-0.2, 0) is 33.4 Å². The predicted molar refractivity (Wildman–Crippen MR) is 139 cm³/mol. The second-order valence-electron chi connectivity index (χ2n) is 9.25. The number of hydrogen-bond donors (Lipinski definition) is 3. The Kier molecular flexibility index (Phi) is 9.04. The van der Waals surface area contributed by atoms with Gasteiger partial charge in [0.25, 0.3) is 11.8 Å². The lowest BCUT2D eigenvalue weighted by atomic mass is 9.98. The number of thiazole rings is 1. The third kappa shape index (κ3) is 6.45. The maximum atomic E-state index is 13.1. The van der Waals surface area contributed by atoms with Crippen LogP contribution in [0, 0.1) is 5.41 Å². The van der Waals surface area contributed by atoms with Gasteiger partial charge in [0.2, 0.25) is 6.79 Å². The van der Waals surface area contributed by atoms with Gasteiger partial charge in [0.1, 0.15) is 23.7 Å². The van der Waals surface area contributed by atoms with Crippen molar-refractivity contribution in [1.29, 1.82) is 0 Å². The first-order chi connectivity index (χ1) is 17.8. The molecule has 3 heterocycles. The number of hydrogen-bond acceptors (Lipinski definition) is 12. The van der Waals surface area contributed by atoms with E-state index in [0.717, 1.165) is 4.90 Å². The minimum absolute atomic E-state index is 0.158. The number of rotatable bonds is 9. The first kappa shape index (κ1) is 29.0. The maximum Gasteiger partial charge on any atom is 0.404 e. The van der Waals surface area contributed by atoms with Crippen molar-refractivity contribution >= 4 is 63.6 Å². The Bertz CT molecular complexity index is 1200. The molecule has 0 unspecified atom stereocenters. The zero-order valence-corrected chi connectivity index (χ0v) is 22.9. The topological polar surface area (TPSA) is 193 Å². The van der Waals surface area contributed by atoms with Crippen LogP contribution in [-0.4, -0.2) is 70.3 Å². The van der Waals surface area contributed by atoms with Crippen LogP contribution in [0.4, 0.5) is 9.93 Å². The number of aromatic nitrogens is 1. The number of anilines is 1. The molecule has 13 nitrogen and oxygen atoms in total. The number of amides is 3. The van der Waals surface area contributed by atoms with Gasteiger partial charge in [-0.05, 0) is 27.2 Å². The van der Waals surface area contributed by atoms with E-state index < -0.39 is 53.5 Å². The van der Waals surface area contributed by atoms with Crippen LogP contribution in [0.3, 0.4) is 0 Å². The average molecular weight is 568 g/mol. The van der Waals surface area contributed by atoms with Crippen molar-refractivity contribution in [2.24, 2.45) is 11.1 Å². The smallest absolute Gasteiger partial charge is 0.404 e. The van der Waals surface area contributed by atoms with Gasteiger partial charge in [-0.3, -0.25) is 19.3 Å². The minimum atomic E-state index is -1.06. The number of fused-ring (bicyclic) bond motifs is 1. The summed E-state index contributed by atoms with van der Waals surface area (Å²) in [5, 5.41) is 4.03. The number of nitrogen functional groups attached to an aromatic ring is 1. The molecule has 1 aromatic heterocycles. The quantitative estimate of drug-likeness (QED) is 0.169. The summed E-state index contributed by atoms with van der Waals surface area (Å²) in [7, 11) is 0. The van der Waals surface area contributed by atoms with Gasteiger partial charge in [-0.25, -0.2) is 14.6 Å². The fourth-order valence-corrected chi connectivity index (χ4v) is 5.40. The molecule has 0 bridgehead atoms. The molecule has 0 saturated carbocycles. The van der Waals surface area contributed by atoms with Gasteiger partial charge < -0.3 is 31.0 Å². The van der Waals surface area contributed by atoms with E-state index in [-0.39, 0.29) is 29.2 Å². The largest absolute Gasteiger partial charge is 0.445 e. The Balaban J connectivity index is 1.77. The number of primary amides is 1. The van der Waals surface area contributed by atoms with Crippen molar-refractivity contribution in [3.8, 4) is 0 Å². The molecule has 206 valence electrons. The fourth-order valence-electron chi connectivity index (χ4n) is 3.51. The number of carbonyl (C=O) groups excluding carboxylic acids is 5. The molecule has 5 N–H and O–H groups in total. The Morgan fingerprint density at radius 2 is 1.95 bits per heavy atom. The van der Waals surface area contributed by atoms with Gasteiger partial charge in [-0.2, -0.15) is 0 Å². The van der Waals surface area contributed by atoms with E-state index in [9.17, 15) is 24.0 Å². The second-order valence-corrected chi connectivity index (χ2v) is 11.2. The number of carbonyl (C=O) groups is 5. The number of thioether (sulfide) groups is 1. The van der Waals surface area contributed by atoms with Gasteiger partial charge in [-0.15, -0.1) is 23.1 Å². The summed E-state index contributed by atoms with van der Waals surface area (Å²) in [6.07, 6.45) is 1.17. The van der Waals surface area contributed by atoms with Gasteiger partial charge >= 0.3 is 18.0 Å². The molecular weight excluding hydrogens is 538 g/mol. The van der Waals surface area contributed by atoms with Gasteiger partial charge in [0, 0.05) is 16.7 Å². The highest BCUT2D eigenvalue weighted by molar-refractivity contribution is 8.00. The van der Waals surface area contributed by atoms with Crippen LogP contribution < -0.4 is 16.8 Å². The normalized spacial score (nSPS) is 19.3. The molecule has 0 aliphatic carbocycles. The number of nitrogens with zero attached hydrogens (tertiary/aromatic N) is 2. The van der Waals surface area contributed by atoms with Crippen molar-refractivity contribution in [1.82, 2.24) is 15.2 Å². The van der Waals surface area contributed by atoms with E-state index >= 15 is 0 Å². The molecule has 2 aliphatic rings. The Morgan fingerprint density at radius 3 is 2.53 bits per heavy atom. The third-order valence-electron chi connectivity index (χ3n) is 5.36. The van der Waals surface area contributed by atoms with E-state index in [1.54, 1.807) is 32.2 Å². The minimum Gasteiger partial charge on any atom is -0.445 e. The molecule has 38 heavy (non-hydrogen) atoms. The molecule has 3 amide bonds. The summed E-state index contributed by atoms with van der Waals surface area (Å²) in [4.78, 5) is 67.6. The number of nitrogens with two attached hydrogens (primary N) is 2. The van der Waals surface area contributed by atoms with E-state index in [2.05, 4.69) is 10.3 Å². The first-order valence-corrected chi connectivity index (χ1v) is 13.4. The van der Waals surface area contributed by atoms with E-state index in [4.69, 9.17) is 25.7 Å². The zero-order chi connectivity index (χ0) is 28.2. The maximum absolute atomic E-state index is 13.1. The molecule has 2 aliphatic heterocycles. The average Bonchev–Trinajstić information content (AvgIpc) is 3.28. The summed E-state index contributed by atoms with van der Waals surface area (Å²) in [5.41, 5.74) is 10.7. The van der Waals surface area contributed by atoms with E-state index in [1.807, 2.05) is 6.92 Å². The van der Waals surface area contributed by atoms with Crippen molar-refractivity contribution < 1.29 is 38.2 Å². The highest BCUT2D eigenvalue weighted by Gasteiger charge is 2.54. The standard InChI is InChI=1S/C23H29N5O8S2/c1-5-6-12(13-9-38-21(24)26-13)16(29)27-14-17(30)28-15(11(7-34-22(25)33)8-37-18(14)28)19(31)35-10-36-20(32)23(2,3)4/h6,9,14,18H,5,7-8,10H2,1-4H3,(H2,24,26)(H2,25,33)(H,27,29)/b12-6-/t14-,18+/m0/s1. The number of allylic oxidation sites excluding steroid dienone is 1. The SMILES string of the molecule is CC/C=C(\C(=O)N[C@H]1C(=O)N2C(C(=O)OCOC(=O)C(C)(C)C)=C(COC(N)=O)CS[C@H]12)c1csc(N)n1. The molecule has 2 atom stereocenters. The highest BCUT2D eigenvalue weighted by atomic mass is 32.2. The van der Waals surface area contributed by atoms with Gasteiger partial charge in [0.15, 0.2) is 5.13 Å². The molecule has 0 spiro atoms. The van der Waals surface area contributed by atoms with Crippen LogP contribution >= 0.6 is 23.1 Å². The van der Waals surface area contributed by atoms with Crippen molar-refractivity contribution in [2.45, 2.75) is 45.5 Å². The number of nitrogens with one attached hydrogen (secondary N) is 1. The Morgan fingerprint density at radius 1 is 1.24 bits per heavy atom. The second kappa shape index (κ2) is 11.9. The number of β-lactam (4-membered cyclic amide) rings is 1. The number of ether oxygens (including phenoxy) is 3. The van der Waals surface area contributed by atoms with Gasteiger partial charge in [0.05, 0.1) is 16.7 Å². The van der Waals surface area contributed by atoms with Crippen molar-refractivity contribution in [3.63, 3.8) is 0 Å². The summed E-state index contributed by atoms with van der Waals surface area (Å²) < 4.78 is 14.9. The molecule has 1 aromatic rings. The summed E-state index contributed by atoms with van der Waals surface area (Å²) in [6.45, 7) is 5.74. The first-order valence-electron chi connectivity index (χ1n) is 11.5. The molecule has 15 heteroatoms. The van der Waals surface area contributed by atoms with Crippen LogP contribution in [0.2, 0.25) is 0 Å². The predicted octanol–water partition coefficient (Wildman–Crippen LogP) is 1.36. The fraction of sp³-hybridized carbons (Fsp3) is 0.478. The lowest BCUT2D eigenvalue weighted by Crippen LogP contribution is -2.70. The molecule has 1 saturated heterocycles. The highest BCUT2D eigenvalue weighted by Crippen LogP contribution is 2.41. The zero-order valence-electron chi connectivity index (χ0n) is 21.3. The van der Waals surface area contributed by atoms with E-state index in [1.165, 1.54) is 23.1 Å². The Hall–Kier alpha value is -3.59. The lowest BCUT2D eigenvalue weighted by molar-refractivity contribution is -0.173. The van der Waals surface area contributed by atoms with Crippen molar-refractivity contribution in [2.75, 3.05) is 24.9 Å². The summed E-state index contributed by atoms with van der Waals surface area (Å²) in [6, 6.07) is -0.941. The molecule has 1 fully saturated rings. The number of esters is 2. The van der Waals surface area contributed by atoms with E-state index in [0.29, 0.717) is 17.2 Å². The monoisotopic (exact) mass is 567 g/mol. The van der Waals surface area contributed by atoms with Crippen LogP contribution in [0.1, 0.15) is 39.8 Å². The summed E-state index contributed by atoms with van der Waals surface area (Å²) >= 11 is 2.45. The van der Waals surface area contributed by atoms with Crippen LogP contribution in [0.5, 0.6) is 0 Å².